The summed E-state index contributed by atoms with van der Waals surface area (Å²) < 4.78 is 0. The summed E-state index contributed by atoms with van der Waals surface area (Å²) in [6.45, 7) is 0.0447. The Labute approximate surface area is 106 Å². The van der Waals surface area contributed by atoms with Gasteiger partial charge in [-0.15, -0.1) is 0 Å². The van der Waals surface area contributed by atoms with Crippen molar-refractivity contribution in [3.63, 3.8) is 0 Å². The number of hydrogen-bond acceptors (Lipinski definition) is 5. The molecule has 0 aliphatic heterocycles. The second kappa shape index (κ2) is 6.50. The van der Waals surface area contributed by atoms with Gasteiger partial charge in [-0.2, -0.15) is 0 Å². The van der Waals surface area contributed by atoms with Gasteiger partial charge in [0.15, 0.2) is 0 Å². The average Bonchev–Trinajstić information content (AvgIpc) is 2.74. The molecular formula is C10H10N2O5S. The van der Waals surface area contributed by atoms with Gasteiger partial charge in [-0.3, -0.25) is 19.7 Å². The van der Waals surface area contributed by atoms with Crippen molar-refractivity contribution in [3.05, 3.63) is 33.2 Å². The maximum atomic E-state index is 11.2. The third kappa shape index (κ3) is 4.74. The van der Waals surface area contributed by atoms with Gasteiger partial charge in [-0.25, -0.2) is 0 Å². The Hall–Kier alpha value is -2.22. The molecule has 18 heavy (non-hydrogen) atoms. The van der Waals surface area contributed by atoms with Gasteiger partial charge in [0.25, 0.3) is 0 Å². The van der Waals surface area contributed by atoms with E-state index >= 15 is 0 Å². The summed E-state index contributed by atoms with van der Waals surface area (Å²) in [6, 6.07) is 2.89. The Morgan fingerprint density at radius 2 is 2.22 bits per heavy atom. The van der Waals surface area contributed by atoms with Crippen molar-refractivity contribution in [1.82, 2.24) is 5.32 Å². The van der Waals surface area contributed by atoms with E-state index in [1.807, 2.05) is 0 Å². The summed E-state index contributed by atoms with van der Waals surface area (Å²) in [6.07, 6.45) is 2.50. The van der Waals surface area contributed by atoms with Crippen LogP contribution in [0.2, 0.25) is 0 Å². The van der Waals surface area contributed by atoms with Crippen molar-refractivity contribution < 1.29 is 19.6 Å². The van der Waals surface area contributed by atoms with Crippen LogP contribution in [0.1, 0.15) is 11.3 Å². The van der Waals surface area contributed by atoms with Gasteiger partial charge >= 0.3 is 11.0 Å². The summed E-state index contributed by atoms with van der Waals surface area (Å²) in [4.78, 5) is 31.9. The Morgan fingerprint density at radius 1 is 1.50 bits per heavy atom. The van der Waals surface area contributed by atoms with E-state index in [2.05, 4.69) is 5.32 Å². The number of thiophene rings is 1. The predicted octanol–water partition coefficient (Wildman–Crippen LogP) is 1.26. The number of nitrogens with one attached hydrogen (secondary N) is 1. The number of hydrogen-bond donors (Lipinski definition) is 2. The first-order valence-corrected chi connectivity index (χ1v) is 5.72. The van der Waals surface area contributed by atoms with E-state index in [9.17, 15) is 19.7 Å². The molecule has 7 nitrogen and oxygen atoms in total. The van der Waals surface area contributed by atoms with Crippen LogP contribution in [-0.4, -0.2) is 28.5 Å². The average molecular weight is 270 g/mol. The monoisotopic (exact) mass is 270 g/mol. The molecule has 0 aromatic carbocycles. The molecule has 0 aliphatic rings. The first-order chi connectivity index (χ1) is 8.49. The highest BCUT2D eigenvalue weighted by atomic mass is 32.1. The molecular weight excluding hydrogens is 260 g/mol. The Kier molecular flexibility index (Phi) is 5.00. The second-order valence-corrected chi connectivity index (χ2v) is 4.30. The standard InChI is InChI=1S/C10H10N2O5S/c13-8(11-6-5-10(14)15)3-1-7-2-4-9(18-7)12(16)17/h1-4H,5-6H2,(H,11,13)(H,14,15)/b3-1+. The molecule has 1 amide bonds. The van der Waals surface area contributed by atoms with Crippen LogP contribution < -0.4 is 5.32 Å². The fraction of sp³-hybridized carbons (Fsp3) is 0.200. The van der Waals surface area contributed by atoms with E-state index in [-0.39, 0.29) is 18.0 Å². The van der Waals surface area contributed by atoms with E-state index in [0.717, 1.165) is 11.3 Å². The van der Waals surface area contributed by atoms with Gasteiger partial charge in [0, 0.05) is 23.6 Å². The van der Waals surface area contributed by atoms with Gasteiger partial charge in [0.2, 0.25) is 5.91 Å². The van der Waals surface area contributed by atoms with Crippen molar-refractivity contribution >= 4 is 34.3 Å². The second-order valence-electron chi connectivity index (χ2n) is 3.20. The highest BCUT2D eigenvalue weighted by molar-refractivity contribution is 7.16. The molecule has 1 aromatic rings. The number of amides is 1. The predicted molar refractivity (Wildman–Crippen MR) is 65.3 cm³/mol. The van der Waals surface area contributed by atoms with Crippen molar-refractivity contribution in [2.24, 2.45) is 0 Å². The zero-order valence-corrected chi connectivity index (χ0v) is 9.98. The molecule has 1 rings (SSSR count). The number of carboxylic acids is 1. The zero-order chi connectivity index (χ0) is 13.5. The number of rotatable bonds is 6. The maximum absolute atomic E-state index is 11.2. The highest BCUT2D eigenvalue weighted by Gasteiger charge is 2.07. The fourth-order valence-electron chi connectivity index (χ4n) is 1.04. The number of nitrogens with zero attached hydrogens (tertiary/aromatic N) is 1. The molecule has 0 fully saturated rings. The van der Waals surface area contributed by atoms with Crippen LogP contribution in [0.4, 0.5) is 5.00 Å². The summed E-state index contributed by atoms with van der Waals surface area (Å²) in [7, 11) is 0. The quantitative estimate of drug-likeness (QED) is 0.459. The normalized spacial score (nSPS) is 10.4. The van der Waals surface area contributed by atoms with Crippen molar-refractivity contribution in [2.45, 2.75) is 6.42 Å². The van der Waals surface area contributed by atoms with E-state index < -0.39 is 16.8 Å². The fourth-order valence-corrected chi connectivity index (χ4v) is 1.76. The summed E-state index contributed by atoms with van der Waals surface area (Å²) >= 11 is 0.952. The van der Waals surface area contributed by atoms with Gasteiger partial charge < -0.3 is 10.4 Å². The molecule has 2 N–H and O–H groups in total. The summed E-state index contributed by atoms with van der Waals surface area (Å²) in [5.74, 6) is -1.43. The topological polar surface area (TPSA) is 110 Å². The molecule has 96 valence electrons. The lowest BCUT2D eigenvalue weighted by Gasteiger charge is -1.97. The zero-order valence-electron chi connectivity index (χ0n) is 9.16. The molecule has 1 heterocycles. The number of carboxylic acid groups (broad SMARTS) is 1. The van der Waals surface area contributed by atoms with Crippen LogP contribution in [0.3, 0.4) is 0 Å². The first-order valence-electron chi connectivity index (χ1n) is 4.91. The molecule has 0 saturated heterocycles. The highest BCUT2D eigenvalue weighted by Crippen LogP contribution is 2.24. The molecule has 0 spiro atoms. The minimum atomic E-state index is -0.992. The molecule has 8 heteroatoms. The Morgan fingerprint density at radius 3 is 2.78 bits per heavy atom. The minimum absolute atomic E-state index is 0.000866. The SMILES string of the molecule is O=C(O)CCNC(=O)/C=C/c1ccc([N+](=O)[O-])s1. The minimum Gasteiger partial charge on any atom is -0.481 e. The third-order valence-electron chi connectivity index (χ3n) is 1.83. The molecule has 0 unspecified atom stereocenters. The summed E-state index contributed by atoms with van der Waals surface area (Å²) in [5.41, 5.74) is 0. The third-order valence-corrected chi connectivity index (χ3v) is 2.83. The van der Waals surface area contributed by atoms with Crippen LogP contribution in [0, 0.1) is 10.1 Å². The van der Waals surface area contributed by atoms with Crippen LogP contribution in [0.5, 0.6) is 0 Å². The van der Waals surface area contributed by atoms with Gasteiger partial charge in [0.05, 0.1) is 11.3 Å². The number of aliphatic carboxylic acids is 1. The van der Waals surface area contributed by atoms with Gasteiger partial charge in [-0.05, 0) is 12.1 Å². The van der Waals surface area contributed by atoms with Crippen LogP contribution in [0.25, 0.3) is 6.08 Å². The molecule has 0 bridgehead atoms. The van der Waals surface area contributed by atoms with Crippen molar-refractivity contribution in [1.29, 1.82) is 0 Å². The molecule has 0 radical (unpaired) electrons. The van der Waals surface area contributed by atoms with Crippen molar-refractivity contribution in [3.8, 4) is 0 Å². The van der Waals surface area contributed by atoms with Crippen LogP contribution in [0.15, 0.2) is 18.2 Å². The maximum Gasteiger partial charge on any atom is 0.324 e. The summed E-state index contributed by atoms with van der Waals surface area (Å²) in [5, 5.41) is 21.2. The molecule has 0 aliphatic carbocycles. The lowest BCUT2D eigenvalue weighted by Crippen LogP contribution is -2.23. The molecule has 0 saturated carbocycles. The van der Waals surface area contributed by atoms with E-state index in [4.69, 9.17) is 5.11 Å². The molecule has 0 atom stereocenters. The molecule has 1 aromatic heterocycles. The largest absolute Gasteiger partial charge is 0.481 e. The Bertz CT molecular complexity index is 494. The smallest absolute Gasteiger partial charge is 0.324 e. The number of carbonyl (C=O) groups is 2. The lowest BCUT2D eigenvalue weighted by molar-refractivity contribution is -0.380. The van der Waals surface area contributed by atoms with E-state index in [0.29, 0.717) is 4.88 Å². The Balaban J connectivity index is 2.45. The van der Waals surface area contributed by atoms with Crippen molar-refractivity contribution in [2.75, 3.05) is 6.54 Å². The number of carbonyl (C=O) groups excluding carboxylic acids is 1. The first kappa shape index (κ1) is 13.8. The van der Waals surface area contributed by atoms with Gasteiger partial charge in [0.1, 0.15) is 0 Å². The van der Waals surface area contributed by atoms with E-state index in [1.165, 1.54) is 24.3 Å². The van der Waals surface area contributed by atoms with Gasteiger partial charge in [-0.1, -0.05) is 11.3 Å². The van der Waals surface area contributed by atoms with Crippen LogP contribution in [-0.2, 0) is 9.59 Å². The number of nitro groups is 1. The lowest BCUT2D eigenvalue weighted by atomic mass is 10.4. The van der Waals surface area contributed by atoms with E-state index in [1.54, 1.807) is 0 Å². The van der Waals surface area contributed by atoms with Crippen LogP contribution >= 0.6 is 11.3 Å².